The standard InChI is InChI=1S/C9H10BrFO3/c1-4(3-12)5-2-6(10)7(11)9(14)8(5)13/h2,4,12-14H,3H2,1H3. The summed E-state index contributed by atoms with van der Waals surface area (Å²) in [5.41, 5.74) is 0.304. The van der Waals surface area contributed by atoms with Gasteiger partial charge in [0.1, 0.15) is 0 Å². The summed E-state index contributed by atoms with van der Waals surface area (Å²) < 4.78 is 13.1. The van der Waals surface area contributed by atoms with Crippen molar-refractivity contribution >= 4 is 15.9 Å². The summed E-state index contributed by atoms with van der Waals surface area (Å²) in [6.45, 7) is 1.46. The first-order valence-electron chi connectivity index (χ1n) is 3.99. The van der Waals surface area contributed by atoms with Gasteiger partial charge in [0.05, 0.1) is 4.47 Å². The summed E-state index contributed by atoms with van der Waals surface area (Å²) in [6.07, 6.45) is 0. The molecule has 0 amide bonds. The molecule has 0 spiro atoms. The van der Waals surface area contributed by atoms with Crippen LogP contribution in [0.15, 0.2) is 10.5 Å². The minimum atomic E-state index is -0.906. The minimum absolute atomic E-state index is 0.0584. The monoisotopic (exact) mass is 264 g/mol. The highest BCUT2D eigenvalue weighted by Crippen LogP contribution is 2.39. The molecule has 1 aromatic carbocycles. The van der Waals surface area contributed by atoms with Crippen molar-refractivity contribution in [3.05, 3.63) is 21.9 Å². The fourth-order valence-electron chi connectivity index (χ4n) is 1.10. The Labute approximate surface area is 88.9 Å². The van der Waals surface area contributed by atoms with E-state index in [1.807, 2.05) is 0 Å². The third-order valence-electron chi connectivity index (χ3n) is 2.00. The van der Waals surface area contributed by atoms with Gasteiger partial charge in [0, 0.05) is 18.1 Å². The van der Waals surface area contributed by atoms with Crippen LogP contribution in [0.5, 0.6) is 11.5 Å². The van der Waals surface area contributed by atoms with Gasteiger partial charge in [-0.15, -0.1) is 0 Å². The summed E-state index contributed by atoms with van der Waals surface area (Å²) in [5, 5.41) is 27.4. The molecule has 1 rings (SSSR count). The molecule has 14 heavy (non-hydrogen) atoms. The average Bonchev–Trinajstić information content (AvgIpc) is 2.19. The van der Waals surface area contributed by atoms with E-state index in [2.05, 4.69) is 15.9 Å². The fraction of sp³-hybridized carbons (Fsp3) is 0.333. The predicted octanol–water partition coefficient (Wildman–Crippen LogP) is 2.10. The Kier molecular flexibility index (Phi) is 3.34. The van der Waals surface area contributed by atoms with E-state index >= 15 is 0 Å². The first-order chi connectivity index (χ1) is 6.49. The van der Waals surface area contributed by atoms with Crippen molar-refractivity contribution in [3.63, 3.8) is 0 Å². The smallest absolute Gasteiger partial charge is 0.195 e. The molecule has 3 N–H and O–H groups in total. The molecule has 1 atom stereocenters. The topological polar surface area (TPSA) is 60.7 Å². The van der Waals surface area contributed by atoms with Gasteiger partial charge in [-0.1, -0.05) is 6.92 Å². The fourth-order valence-corrected chi connectivity index (χ4v) is 1.53. The van der Waals surface area contributed by atoms with Gasteiger partial charge in [0.25, 0.3) is 0 Å². The molecule has 0 aliphatic rings. The molecule has 3 nitrogen and oxygen atoms in total. The molecular weight excluding hydrogens is 255 g/mol. The van der Waals surface area contributed by atoms with Gasteiger partial charge < -0.3 is 15.3 Å². The highest BCUT2D eigenvalue weighted by Gasteiger charge is 2.19. The van der Waals surface area contributed by atoms with E-state index in [0.29, 0.717) is 5.56 Å². The molecule has 0 aliphatic carbocycles. The number of phenols is 2. The van der Waals surface area contributed by atoms with Gasteiger partial charge in [0.15, 0.2) is 17.3 Å². The molecule has 0 aromatic heterocycles. The third-order valence-corrected chi connectivity index (χ3v) is 2.58. The van der Waals surface area contributed by atoms with Crippen LogP contribution in [0.3, 0.4) is 0 Å². The van der Waals surface area contributed by atoms with Crippen molar-refractivity contribution in [1.82, 2.24) is 0 Å². The van der Waals surface area contributed by atoms with Gasteiger partial charge >= 0.3 is 0 Å². The highest BCUT2D eigenvalue weighted by molar-refractivity contribution is 9.10. The van der Waals surface area contributed by atoms with E-state index < -0.39 is 17.3 Å². The second-order valence-electron chi connectivity index (χ2n) is 3.04. The average molecular weight is 265 g/mol. The van der Waals surface area contributed by atoms with Crippen LogP contribution >= 0.6 is 15.9 Å². The number of halogens is 2. The number of benzene rings is 1. The van der Waals surface area contributed by atoms with Gasteiger partial charge in [-0.25, -0.2) is 4.39 Å². The number of hydrogen-bond acceptors (Lipinski definition) is 3. The van der Waals surface area contributed by atoms with Crippen molar-refractivity contribution in [1.29, 1.82) is 0 Å². The van der Waals surface area contributed by atoms with E-state index in [-0.39, 0.29) is 17.0 Å². The Morgan fingerprint density at radius 2 is 2.00 bits per heavy atom. The van der Waals surface area contributed by atoms with E-state index in [1.165, 1.54) is 6.07 Å². The zero-order valence-electron chi connectivity index (χ0n) is 7.46. The molecule has 0 heterocycles. The lowest BCUT2D eigenvalue weighted by molar-refractivity contribution is 0.269. The van der Waals surface area contributed by atoms with E-state index in [0.717, 1.165) is 0 Å². The lowest BCUT2D eigenvalue weighted by Crippen LogP contribution is -2.00. The largest absolute Gasteiger partial charge is 0.504 e. The second-order valence-corrected chi connectivity index (χ2v) is 3.90. The second kappa shape index (κ2) is 4.14. The Bertz CT molecular complexity index is 354. The molecule has 5 heteroatoms. The maximum Gasteiger partial charge on any atom is 0.195 e. The van der Waals surface area contributed by atoms with E-state index in [4.69, 9.17) is 5.11 Å². The third kappa shape index (κ3) is 1.83. The van der Waals surface area contributed by atoms with Crippen LogP contribution in [0.25, 0.3) is 0 Å². The first-order valence-corrected chi connectivity index (χ1v) is 4.79. The molecule has 1 unspecified atom stereocenters. The maximum atomic E-state index is 13.0. The molecule has 0 saturated heterocycles. The van der Waals surface area contributed by atoms with Crippen LogP contribution in [0.4, 0.5) is 4.39 Å². The number of hydrogen-bond donors (Lipinski definition) is 3. The first kappa shape index (κ1) is 11.3. The van der Waals surface area contributed by atoms with Crippen molar-refractivity contribution in [2.75, 3.05) is 6.61 Å². The zero-order valence-corrected chi connectivity index (χ0v) is 9.05. The van der Waals surface area contributed by atoms with Crippen molar-refractivity contribution in [2.24, 2.45) is 0 Å². The Hall–Kier alpha value is -0.810. The Morgan fingerprint density at radius 3 is 2.50 bits per heavy atom. The normalized spacial score (nSPS) is 12.9. The summed E-state index contributed by atoms with van der Waals surface area (Å²) in [7, 11) is 0. The summed E-state index contributed by atoms with van der Waals surface area (Å²) in [5.74, 6) is -2.59. The molecular formula is C9H10BrFO3. The summed E-state index contributed by atoms with van der Waals surface area (Å²) in [6, 6.07) is 1.34. The van der Waals surface area contributed by atoms with Gasteiger partial charge in [-0.3, -0.25) is 0 Å². The number of phenolic OH excluding ortho intramolecular Hbond substituents is 2. The van der Waals surface area contributed by atoms with Crippen LogP contribution < -0.4 is 0 Å². The number of aliphatic hydroxyl groups is 1. The zero-order chi connectivity index (χ0) is 10.9. The van der Waals surface area contributed by atoms with Crippen LogP contribution in [0, 0.1) is 5.82 Å². The van der Waals surface area contributed by atoms with Crippen molar-refractivity contribution in [2.45, 2.75) is 12.8 Å². The molecule has 0 fully saturated rings. The minimum Gasteiger partial charge on any atom is -0.504 e. The van der Waals surface area contributed by atoms with E-state index in [9.17, 15) is 14.6 Å². The van der Waals surface area contributed by atoms with Gasteiger partial charge in [-0.05, 0) is 22.0 Å². The molecule has 78 valence electrons. The lowest BCUT2D eigenvalue weighted by Gasteiger charge is -2.12. The Balaban J connectivity index is 3.33. The summed E-state index contributed by atoms with van der Waals surface area (Å²) >= 11 is 2.90. The van der Waals surface area contributed by atoms with Crippen molar-refractivity contribution < 1.29 is 19.7 Å². The van der Waals surface area contributed by atoms with Crippen molar-refractivity contribution in [3.8, 4) is 11.5 Å². The Morgan fingerprint density at radius 1 is 1.43 bits per heavy atom. The quantitative estimate of drug-likeness (QED) is 0.717. The maximum absolute atomic E-state index is 13.0. The molecule has 0 aliphatic heterocycles. The molecule has 0 bridgehead atoms. The highest BCUT2D eigenvalue weighted by atomic mass is 79.9. The number of aromatic hydroxyl groups is 2. The SMILES string of the molecule is CC(CO)c1cc(Br)c(F)c(O)c1O. The van der Waals surface area contributed by atoms with Crippen LogP contribution in [-0.4, -0.2) is 21.9 Å². The molecule has 0 saturated carbocycles. The van der Waals surface area contributed by atoms with Gasteiger partial charge in [-0.2, -0.15) is 0 Å². The molecule has 0 radical (unpaired) electrons. The molecule has 1 aromatic rings. The van der Waals surface area contributed by atoms with Gasteiger partial charge in [0.2, 0.25) is 0 Å². The van der Waals surface area contributed by atoms with E-state index in [1.54, 1.807) is 6.92 Å². The lowest BCUT2D eigenvalue weighted by atomic mass is 10.0. The van der Waals surface area contributed by atoms with Crippen LogP contribution in [0.1, 0.15) is 18.4 Å². The summed E-state index contributed by atoms with van der Waals surface area (Å²) in [4.78, 5) is 0. The number of aliphatic hydroxyl groups excluding tert-OH is 1. The number of rotatable bonds is 2. The van der Waals surface area contributed by atoms with Crippen LogP contribution in [0.2, 0.25) is 0 Å². The predicted molar refractivity (Wildman–Crippen MR) is 52.9 cm³/mol. The van der Waals surface area contributed by atoms with Crippen LogP contribution in [-0.2, 0) is 0 Å².